The number of halogens is 2. The summed E-state index contributed by atoms with van der Waals surface area (Å²) >= 11 is 6.16. The summed E-state index contributed by atoms with van der Waals surface area (Å²) < 4.78 is 0. The van der Waals surface area contributed by atoms with Gasteiger partial charge in [-0.15, -0.1) is 12.4 Å². The van der Waals surface area contributed by atoms with E-state index in [1.54, 1.807) is 23.1 Å². The largest absolute Gasteiger partial charge is 0.351 e. The third kappa shape index (κ3) is 4.98. The number of rotatable bonds is 5. The van der Waals surface area contributed by atoms with Crippen LogP contribution < -0.4 is 20.9 Å². The van der Waals surface area contributed by atoms with Crippen LogP contribution in [0, 0.1) is 0 Å². The fourth-order valence-electron chi connectivity index (χ4n) is 2.93. The maximum atomic E-state index is 12.4. The molecule has 2 fully saturated rings. The molecule has 0 aliphatic carbocycles. The van der Waals surface area contributed by atoms with Gasteiger partial charge >= 0.3 is 6.03 Å². The SMILES string of the molecule is Cl.O=C(NCCN1CCNCC1)c1cc(N2CCNC2=O)ccc1Cl. The van der Waals surface area contributed by atoms with E-state index in [0.717, 1.165) is 32.7 Å². The first-order valence-corrected chi connectivity index (χ1v) is 8.59. The molecule has 2 saturated heterocycles. The lowest BCUT2D eigenvalue weighted by Gasteiger charge is -2.27. The molecule has 3 amide bonds. The van der Waals surface area contributed by atoms with Gasteiger partial charge in [-0.3, -0.25) is 14.6 Å². The van der Waals surface area contributed by atoms with Crippen LogP contribution in [-0.4, -0.2) is 69.2 Å². The highest BCUT2D eigenvalue weighted by molar-refractivity contribution is 6.34. The van der Waals surface area contributed by atoms with Gasteiger partial charge in [-0.25, -0.2) is 4.79 Å². The van der Waals surface area contributed by atoms with E-state index in [1.807, 2.05) is 0 Å². The summed E-state index contributed by atoms with van der Waals surface area (Å²) in [5.41, 5.74) is 1.08. The Hall–Kier alpha value is -1.54. The van der Waals surface area contributed by atoms with Crippen molar-refractivity contribution in [3.05, 3.63) is 28.8 Å². The van der Waals surface area contributed by atoms with Gasteiger partial charge in [0.05, 0.1) is 10.6 Å². The summed E-state index contributed by atoms with van der Waals surface area (Å²) in [5.74, 6) is -0.211. The molecule has 2 heterocycles. The van der Waals surface area contributed by atoms with Gasteiger partial charge in [-0.05, 0) is 18.2 Å². The van der Waals surface area contributed by atoms with Crippen LogP contribution in [0.5, 0.6) is 0 Å². The van der Waals surface area contributed by atoms with Gasteiger partial charge in [0.15, 0.2) is 0 Å². The van der Waals surface area contributed by atoms with Crippen molar-refractivity contribution in [1.82, 2.24) is 20.9 Å². The average molecular weight is 388 g/mol. The molecule has 2 aliphatic rings. The molecule has 0 spiro atoms. The van der Waals surface area contributed by atoms with E-state index in [1.165, 1.54) is 0 Å². The number of piperazine rings is 1. The first-order valence-electron chi connectivity index (χ1n) is 8.21. The van der Waals surface area contributed by atoms with Gasteiger partial charge in [0.25, 0.3) is 5.91 Å². The van der Waals surface area contributed by atoms with Crippen molar-refractivity contribution in [2.24, 2.45) is 0 Å². The van der Waals surface area contributed by atoms with E-state index in [4.69, 9.17) is 11.6 Å². The van der Waals surface area contributed by atoms with Crippen molar-refractivity contribution >= 4 is 41.6 Å². The molecule has 1 aromatic rings. The smallest absolute Gasteiger partial charge is 0.321 e. The van der Waals surface area contributed by atoms with E-state index in [-0.39, 0.29) is 24.3 Å². The molecule has 0 bridgehead atoms. The zero-order valence-corrected chi connectivity index (χ0v) is 15.5. The number of nitrogens with one attached hydrogen (secondary N) is 3. The monoisotopic (exact) mass is 387 g/mol. The Balaban J connectivity index is 0.00000225. The number of benzene rings is 1. The van der Waals surface area contributed by atoms with Crippen LogP contribution in [0.25, 0.3) is 0 Å². The Kier molecular flexibility index (Phi) is 7.31. The average Bonchev–Trinajstić information content (AvgIpc) is 3.02. The minimum Gasteiger partial charge on any atom is -0.351 e. The Morgan fingerprint density at radius 2 is 1.96 bits per heavy atom. The standard InChI is InChI=1S/C16H22ClN5O2.ClH/c17-14-2-1-12(22-10-6-20-16(22)24)11-13(14)15(23)19-5-9-21-7-3-18-4-8-21;/h1-2,11,18H,3-10H2,(H,19,23)(H,20,24);1H. The molecule has 0 radical (unpaired) electrons. The summed E-state index contributed by atoms with van der Waals surface area (Å²) in [6.45, 7) is 6.55. The first-order chi connectivity index (χ1) is 11.6. The molecule has 7 nitrogen and oxygen atoms in total. The number of anilines is 1. The van der Waals surface area contributed by atoms with Gasteiger partial charge in [-0.2, -0.15) is 0 Å². The van der Waals surface area contributed by atoms with Gasteiger partial charge < -0.3 is 16.0 Å². The van der Waals surface area contributed by atoms with Crippen molar-refractivity contribution in [1.29, 1.82) is 0 Å². The lowest BCUT2D eigenvalue weighted by Crippen LogP contribution is -2.46. The van der Waals surface area contributed by atoms with E-state index in [2.05, 4.69) is 20.9 Å². The number of hydrogen-bond donors (Lipinski definition) is 3. The van der Waals surface area contributed by atoms with E-state index < -0.39 is 0 Å². The lowest BCUT2D eigenvalue weighted by molar-refractivity contribution is 0.0947. The zero-order chi connectivity index (χ0) is 16.9. The first kappa shape index (κ1) is 19.8. The van der Waals surface area contributed by atoms with E-state index in [0.29, 0.717) is 35.9 Å². The Labute approximate surface area is 158 Å². The molecular formula is C16H23Cl2N5O2. The van der Waals surface area contributed by atoms with Gasteiger partial charge in [0.1, 0.15) is 0 Å². The van der Waals surface area contributed by atoms with Crippen LogP contribution in [0.2, 0.25) is 5.02 Å². The number of urea groups is 1. The summed E-state index contributed by atoms with van der Waals surface area (Å²) in [4.78, 5) is 28.1. The number of carbonyl (C=O) groups is 2. The molecule has 0 saturated carbocycles. The van der Waals surface area contributed by atoms with Gasteiger partial charge in [0.2, 0.25) is 0 Å². The molecule has 0 unspecified atom stereocenters. The number of amides is 3. The number of hydrogen-bond acceptors (Lipinski definition) is 4. The summed E-state index contributed by atoms with van der Waals surface area (Å²) in [7, 11) is 0. The molecular weight excluding hydrogens is 365 g/mol. The molecule has 3 rings (SSSR count). The third-order valence-electron chi connectivity index (χ3n) is 4.29. The lowest BCUT2D eigenvalue weighted by atomic mass is 10.1. The molecule has 1 aromatic carbocycles. The molecule has 138 valence electrons. The summed E-state index contributed by atoms with van der Waals surface area (Å²) in [6.07, 6.45) is 0. The predicted molar refractivity (Wildman–Crippen MR) is 101 cm³/mol. The van der Waals surface area contributed by atoms with Crippen molar-refractivity contribution in [2.75, 3.05) is 57.3 Å². The molecule has 0 atom stereocenters. The molecule has 2 aliphatic heterocycles. The fourth-order valence-corrected chi connectivity index (χ4v) is 3.13. The van der Waals surface area contributed by atoms with Crippen molar-refractivity contribution in [2.45, 2.75) is 0 Å². The zero-order valence-electron chi connectivity index (χ0n) is 13.9. The Morgan fingerprint density at radius 3 is 2.64 bits per heavy atom. The van der Waals surface area contributed by atoms with Crippen molar-refractivity contribution in [3.63, 3.8) is 0 Å². The Morgan fingerprint density at radius 1 is 1.20 bits per heavy atom. The maximum absolute atomic E-state index is 12.4. The second kappa shape index (κ2) is 9.24. The number of carbonyl (C=O) groups excluding carboxylic acids is 2. The van der Waals surface area contributed by atoms with Crippen LogP contribution in [0.3, 0.4) is 0 Å². The Bertz CT molecular complexity index is 623. The van der Waals surface area contributed by atoms with Gasteiger partial charge in [-0.1, -0.05) is 11.6 Å². The predicted octanol–water partition coefficient (Wildman–Crippen LogP) is 0.926. The topological polar surface area (TPSA) is 76.7 Å². The van der Waals surface area contributed by atoms with Crippen LogP contribution in [0.1, 0.15) is 10.4 Å². The van der Waals surface area contributed by atoms with Crippen LogP contribution in [-0.2, 0) is 0 Å². The summed E-state index contributed by atoms with van der Waals surface area (Å²) in [6, 6.07) is 4.94. The van der Waals surface area contributed by atoms with Gasteiger partial charge in [0, 0.05) is 58.0 Å². The molecule has 3 N–H and O–H groups in total. The quantitative estimate of drug-likeness (QED) is 0.702. The van der Waals surface area contributed by atoms with Crippen molar-refractivity contribution < 1.29 is 9.59 Å². The number of nitrogens with zero attached hydrogens (tertiary/aromatic N) is 2. The summed E-state index contributed by atoms with van der Waals surface area (Å²) in [5, 5.41) is 9.34. The highest BCUT2D eigenvalue weighted by Gasteiger charge is 2.22. The van der Waals surface area contributed by atoms with Crippen LogP contribution in [0.4, 0.5) is 10.5 Å². The van der Waals surface area contributed by atoms with Crippen LogP contribution in [0.15, 0.2) is 18.2 Å². The normalized spacial score (nSPS) is 17.8. The van der Waals surface area contributed by atoms with Crippen LogP contribution >= 0.6 is 24.0 Å². The molecule has 0 aromatic heterocycles. The second-order valence-electron chi connectivity index (χ2n) is 5.90. The minimum atomic E-state index is -0.211. The van der Waals surface area contributed by atoms with E-state index >= 15 is 0 Å². The van der Waals surface area contributed by atoms with Crippen molar-refractivity contribution in [3.8, 4) is 0 Å². The highest BCUT2D eigenvalue weighted by Crippen LogP contribution is 2.24. The fraction of sp³-hybridized carbons (Fsp3) is 0.500. The minimum absolute atomic E-state index is 0. The third-order valence-corrected chi connectivity index (χ3v) is 4.62. The second-order valence-corrected chi connectivity index (χ2v) is 6.30. The maximum Gasteiger partial charge on any atom is 0.321 e. The highest BCUT2D eigenvalue weighted by atomic mass is 35.5. The molecule has 9 heteroatoms. The molecule has 25 heavy (non-hydrogen) atoms. The van der Waals surface area contributed by atoms with E-state index in [9.17, 15) is 9.59 Å².